The zero-order valence-electron chi connectivity index (χ0n) is 64.8. The van der Waals surface area contributed by atoms with Gasteiger partial charge in [0.1, 0.15) is 19.8 Å². The SMILES string of the molecule is CC/C=C\C/C=C\C/C=C\C/C=C\C/C=C\C/C=C\C/C=C\C/C=C\C/C=C\C/C=C\C/C=C\CCCCCCCCCC(=O)OC(COC(=O)CCCCCCCCCCCCCCCCCCCCCCCC/C=C\C/C=C\C/C=C\C/C=C\CC)COP(=O)([O-])OCC[N+](C)(C)C. The molecule has 0 radical (unpaired) electrons. The van der Waals surface area contributed by atoms with Crippen LogP contribution in [0.25, 0.3) is 0 Å². The van der Waals surface area contributed by atoms with Gasteiger partial charge < -0.3 is 27.9 Å². The first-order chi connectivity index (χ1) is 49.0. The van der Waals surface area contributed by atoms with Gasteiger partial charge in [0.25, 0.3) is 7.82 Å². The molecule has 100 heavy (non-hydrogen) atoms. The standard InChI is InChI=1S/C90H150NO8P/c1-6-8-10-12-14-16-18-20-22-24-26-28-30-32-34-36-38-40-42-43-44-45-46-47-49-51-53-55-57-59-61-63-65-67-69-71-73-75-77-79-81-83-90(93)99-88(87-98-100(94,95)97-85-84-91(3,4)5)86-96-89(92)82-80-78-76-74-72-70-68-66-64-62-60-58-56-54-52-50-48-41-39-37-35-33-31-29-27-25-23-21-19-17-15-13-11-9-7-2/h8-11,14-17,20-23,26-29,32,34,38,40,43-44,46-47,51,53,57,59,63,65,88H,6-7,12-13,18-19,24-25,30-31,33,35-37,39,41-42,45,48-50,52,54-56,58,60-62,64,66-87H2,1-5H3/b10-8-,11-9-,16-14-,17-15-,22-20-,23-21-,28-26-,29-27-,34-32-,40-38-,44-43-,47-46-,53-51-,59-57-,65-63-. The second-order valence-electron chi connectivity index (χ2n) is 27.7. The molecule has 2 unspecified atom stereocenters. The molecule has 0 rings (SSSR count). The molecule has 0 heterocycles. The van der Waals surface area contributed by atoms with E-state index in [2.05, 4.69) is 196 Å². The fourth-order valence-electron chi connectivity index (χ4n) is 10.8. The maximum Gasteiger partial charge on any atom is 0.306 e. The number of hydrogen-bond donors (Lipinski definition) is 0. The van der Waals surface area contributed by atoms with Gasteiger partial charge in [0.15, 0.2) is 6.10 Å². The van der Waals surface area contributed by atoms with Crippen LogP contribution in [0, 0.1) is 0 Å². The van der Waals surface area contributed by atoms with E-state index < -0.39 is 26.5 Å². The largest absolute Gasteiger partial charge is 0.756 e. The molecule has 0 saturated carbocycles. The number of esters is 2. The van der Waals surface area contributed by atoms with Crippen molar-refractivity contribution in [2.75, 3.05) is 47.5 Å². The van der Waals surface area contributed by atoms with E-state index in [-0.39, 0.29) is 32.0 Å². The molecule has 568 valence electrons. The van der Waals surface area contributed by atoms with Crippen molar-refractivity contribution in [3.05, 3.63) is 182 Å². The van der Waals surface area contributed by atoms with Crippen molar-refractivity contribution in [2.24, 2.45) is 0 Å². The second-order valence-corrected chi connectivity index (χ2v) is 29.1. The van der Waals surface area contributed by atoms with Crippen LogP contribution >= 0.6 is 7.82 Å². The van der Waals surface area contributed by atoms with E-state index >= 15 is 0 Å². The van der Waals surface area contributed by atoms with Gasteiger partial charge in [0.2, 0.25) is 0 Å². The number of hydrogen-bond acceptors (Lipinski definition) is 8. The van der Waals surface area contributed by atoms with E-state index in [1.165, 1.54) is 141 Å². The molecule has 0 aromatic rings. The van der Waals surface area contributed by atoms with Crippen molar-refractivity contribution < 1.29 is 42.1 Å². The topological polar surface area (TPSA) is 111 Å². The van der Waals surface area contributed by atoms with E-state index in [0.29, 0.717) is 17.4 Å². The average molecular weight is 1410 g/mol. The first kappa shape index (κ1) is 95.1. The molecular weight excluding hydrogens is 1250 g/mol. The maximum atomic E-state index is 12.9. The zero-order chi connectivity index (χ0) is 72.5. The molecule has 0 aliphatic carbocycles. The summed E-state index contributed by atoms with van der Waals surface area (Å²) in [5.41, 5.74) is 0. The Labute approximate surface area is 616 Å². The van der Waals surface area contributed by atoms with Gasteiger partial charge in [0, 0.05) is 12.8 Å². The van der Waals surface area contributed by atoms with Gasteiger partial charge in [0.05, 0.1) is 27.7 Å². The molecule has 0 aromatic heterocycles. The number of likely N-dealkylation sites (N-methyl/N-ethyl adjacent to an activating group) is 1. The van der Waals surface area contributed by atoms with E-state index in [1.54, 1.807) is 0 Å². The summed E-state index contributed by atoms with van der Waals surface area (Å²) in [6.07, 6.45) is 120. The Morgan fingerprint density at radius 2 is 0.540 bits per heavy atom. The molecule has 2 atom stereocenters. The Morgan fingerprint density at radius 3 is 0.800 bits per heavy atom. The highest BCUT2D eigenvalue weighted by Crippen LogP contribution is 2.38. The molecular formula is C90H150NO8P. The quantitative estimate of drug-likeness (QED) is 0.0195. The predicted molar refractivity (Wildman–Crippen MR) is 433 cm³/mol. The molecule has 0 aliphatic rings. The lowest BCUT2D eigenvalue weighted by molar-refractivity contribution is -0.870. The Kier molecular flexibility index (Phi) is 74.4. The van der Waals surface area contributed by atoms with Crippen molar-refractivity contribution in [3.63, 3.8) is 0 Å². The number of phosphoric ester groups is 1. The van der Waals surface area contributed by atoms with Crippen LogP contribution in [0.2, 0.25) is 0 Å². The van der Waals surface area contributed by atoms with E-state index in [0.717, 1.165) is 148 Å². The minimum absolute atomic E-state index is 0.0401. The summed E-state index contributed by atoms with van der Waals surface area (Å²) in [4.78, 5) is 38.2. The molecule has 0 aromatic carbocycles. The highest BCUT2D eigenvalue weighted by atomic mass is 31.2. The highest BCUT2D eigenvalue weighted by Gasteiger charge is 2.22. The summed E-state index contributed by atoms with van der Waals surface area (Å²) >= 11 is 0. The molecule has 10 heteroatoms. The molecule has 0 N–H and O–H groups in total. The van der Waals surface area contributed by atoms with Gasteiger partial charge in [-0.05, 0) is 135 Å². The summed E-state index contributed by atoms with van der Waals surface area (Å²) in [6, 6.07) is 0. The van der Waals surface area contributed by atoms with Crippen molar-refractivity contribution in [1.82, 2.24) is 0 Å². The van der Waals surface area contributed by atoms with Gasteiger partial charge in [-0.25, -0.2) is 0 Å². The second kappa shape index (κ2) is 78.3. The molecule has 0 spiro atoms. The number of nitrogens with zero attached hydrogens (tertiary/aromatic N) is 1. The lowest BCUT2D eigenvalue weighted by atomic mass is 10.0. The van der Waals surface area contributed by atoms with Crippen LogP contribution in [0.1, 0.15) is 322 Å². The summed E-state index contributed by atoms with van der Waals surface area (Å²) in [6.45, 7) is 4.01. The molecule has 9 nitrogen and oxygen atoms in total. The minimum atomic E-state index is -4.66. The first-order valence-electron chi connectivity index (χ1n) is 40.5. The lowest BCUT2D eigenvalue weighted by Gasteiger charge is -2.28. The number of phosphoric acid groups is 1. The maximum absolute atomic E-state index is 12.9. The Balaban J connectivity index is 4.05. The van der Waals surface area contributed by atoms with Crippen LogP contribution in [0.5, 0.6) is 0 Å². The summed E-state index contributed by atoms with van der Waals surface area (Å²) < 4.78 is 34.4. The average Bonchev–Trinajstić information content (AvgIpc) is 1.30. The highest BCUT2D eigenvalue weighted by molar-refractivity contribution is 7.45. The Bertz CT molecular complexity index is 2350. The third-order valence-electron chi connectivity index (χ3n) is 16.9. The Morgan fingerprint density at radius 1 is 0.310 bits per heavy atom. The van der Waals surface area contributed by atoms with Crippen molar-refractivity contribution in [1.29, 1.82) is 0 Å². The fourth-order valence-corrected chi connectivity index (χ4v) is 11.6. The fraction of sp³-hybridized carbons (Fsp3) is 0.644. The third-order valence-corrected chi connectivity index (χ3v) is 17.9. The van der Waals surface area contributed by atoms with Gasteiger partial charge in [-0.2, -0.15) is 0 Å². The van der Waals surface area contributed by atoms with E-state index in [4.69, 9.17) is 18.5 Å². The molecule has 0 saturated heterocycles. The Hall–Kier alpha value is -4.89. The van der Waals surface area contributed by atoms with Crippen LogP contribution < -0.4 is 4.89 Å². The minimum Gasteiger partial charge on any atom is -0.756 e. The van der Waals surface area contributed by atoms with Crippen molar-refractivity contribution in [2.45, 2.75) is 328 Å². The van der Waals surface area contributed by atoms with Crippen molar-refractivity contribution in [3.8, 4) is 0 Å². The van der Waals surface area contributed by atoms with Crippen LogP contribution in [0.15, 0.2) is 182 Å². The van der Waals surface area contributed by atoms with Crippen LogP contribution in [0.4, 0.5) is 0 Å². The van der Waals surface area contributed by atoms with Crippen LogP contribution in [-0.2, 0) is 32.7 Å². The smallest absolute Gasteiger partial charge is 0.306 e. The number of carbonyl (C=O) groups excluding carboxylic acids is 2. The number of unbranched alkanes of at least 4 members (excludes halogenated alkanes) is 29. The van der Waals surface area contributed by atoms with E-state index in [1.807, 2.05) is 21.1 Å². The van der Waals surface area contributed by atoms with Crippen LogP contribution in [0.3, 0.4) is 0 Å². The normalized spacial score (nSPS) is 14.0. The monoisotopic (exact) mass is 1400 g/mol. The van der Waals surface area contributed by atoms with Crippen molar-refractivity contribution >= 4 is 19.8 Å². The number of carbonyl (C=O) groups is 2. The number of quaternary nitrogens is 1. The van der Waals surface area contributed by atoms with Gasteiger partial charge in [-0.15, -0.1) is 0 Å². The number of allylic oxidation sites excluding steroid dienone is 30. The van der Waals surface area contributed by atoms with Gasteiger partial charge >= 0.3 is 11.9 Å². The number of ether oxygens (including phenoxy) is 2. The third kappa shape index (κ3) is 82.1. The summed E-state index contributed by atoms with van der Waals surface area (Å²) in [7, 11) is 1.15. The van der Waals surface area contributed by atoms with Gasteiger partial charge in [-0.1, -0.05) is 357 Å². The lowest BCUT2D eigenvalue weighted by Crippen LogP contribution is -2.37. The zero-order valence-corrected chi connectivity index (χ0v) is 65.7. The first-order valence-corrected chi connectivity index (χ1v) is 42.0. The predicted octanol–water partition coefficient (Wildman–Crippen LogP) is 26.8. The molecule has 0 aliphatic heterocycles. The number of rotatable bonds is 73. The molecule has 0 amide bonds. The molecule has 0 fully saturated rings. The van der Waals surface area contributed by atoms with Gasteiger partial charge in [-0.3, -0.25) is 14.2 Å². The summed E-state index contributed by atoms with van der Waals surface area (Å²) in [5, 5.41) is 0. The summed E-state index contributed by atoms with van der Waals surface area (Å²) in [5.74, 6) is -0.846. The van der Waals surface area contributed by atoms with E-state index in [9.17, 15) is 19.0 Å². The molecule has 0 bridgehead atoms. The van der Waals surface area contributed by atoms with Crippen LogP contribution in [-0.4, -0.2) is 70.0 Å².